The largest absolute Gasteiger partial charge is 0.352 e. The van der Waals surface area contributed by atoms with Gasteiger partial charge in [0.2, 0.25) is 11.7 Å². The van der Waals surface area contributed by atoms with Gasteiger partial charge in [0.1, 0.15) is 0 Å². The third-order valence-electron chi connectivity index (χ3n) is 2.76. The van der Waals surface area contributed by atoms with E-state index in [4.69, 9.17) is 0 Å². The van der Waals surface area contributed by atoms with E-state index in [9.17, 15) is 24.1 Å². The molecule has 1 aliphatic carbocycles. The third-order valence-corrected chi connectivity index (χ3v) is 2.76. The molecule has 0 spiro atoms. The number of nitrogens with zero attached hydrogens (tertiary/aromatic N) is 1. The van der Waals surface area contributed by atoms with Crippen molar-refractivity contribution in [1.29, 1.82) is 0 Å². The molecule has 0 bridgehead atoms. The fourth-order valence-electron chi connectivity index (χ4n) is 1.56. The van der Waals surface area contributed by atoms with Crippen LogP contribution >= 0.6 is 0 Å². The van der Waals surface area contributed by atoms with Crippen molar-refractivity contribution in [3.8, 4) is 0 Å². The summed E-state index contributed by atoms with van der Waals surface area (Å²) in [5.41, 5.74) is -0.850. The quantitative estimate of drug-likeness (QED) is 0.614. The lowest BCUT2D eigenvalue weighted by Crippen LogP contribution is -2.37. The van der Waals surface area contributed by atoms with E-state index in [-0.39, 0.29) is 24.1 Å². The van der Waals surface area contributed by atoms with E-state index in [1.54, 1.807) is 0 Å². The highest BCUT2D eigenvalue weighted by Gasteiger charge is 2.23. The maximum absolute atomic E-state index is 13.1. The lowest BCUT2D eigenvalue weighted by molar-refractivity contribution is -0.387. The second-order valence-corrected chi connectivity index (χ2v) is 4.45. The van der Waals surface area contributed by atoms with Gasteiger partial charge in [0.25, 0.3) is 5.91 Å². The van der Waals surface area contributed by atoms with Crippen LogP contribution < -0.4 is 10.6 Å². The normalized spacial score (nSPS) is 13.7. The van der Waals surface area contributed by atoms with Crippen LogP contribution in [0.5, 0.6) is 0 Å². The van der Waals surface area contributed by atoms with Crippen molar-refractivity contribution in [2.45, 2.75) is 18.9 Å². The second-order valence-electron chi connectivity index (χ2n) is 4.45. The third kappa shape index (κ3) is 3.50. The van der Waals surface area contributed by atoms with Crippen molar-refractivity contribution in [1.82, 2.24) is 10.6 Å². The number of hydrogen-bond acceptors (Lipinski definition) is 4. The van der Waals surface area contributed by atoms with Crippen LogP contribution in [-0.4, -0.2) is 29.3 Å². The average Bonchev–Trinajstić information content (AvgIpc) is 3.20. The van der Waals surface area contributed by atoms with Crippen LogP contribution in [0.1, 0.15) is 23.2 Å². The highest BCUT2D eigenvalue weighted by atomic mass is 19.1. The van der Waals surface area contributed by atoms with Crippen molar-refractivity contribution in [3.63, 3.8) is 0 Å². The lowest BCUT2D eigenvalue weighted by Gasteiger charge is -2.06. The molecule has 1 fully saturated rings. The molecule has 2 rings (SSSR count). The molecule has 1 saturated carbocycles. The van der Waals surface area contributed by atoms with Gasteiger partial charge in [-0.05, 0) is 25.0 Å². The van der Waals surface area contributed by atoms with Crippen molar-refractivity contribution in [3.05, 3.63) is 39.7 Å². The summed E-state index contributed by atoms with van der Waals surface area (Å²) in [6.07, 6.45) is 1.87. The summed E-state index contributed by atoms with van der Waals surface area (Å²) < 4.78 is 13.1. The van der Waals surface area contributed by atoms with Gasteiger partial charge in [-0.2, -0.15) is 4.39 Å². The van der Waals surface area contributed by atoms with Gasteiger partial charge in [-0.1, -0.05) is 0 Å². The van der Waals surface area contributed by atoms with Crippen LogP contribution in [0.2, 0.25) is 0 Å². The number of benzene rings is 1. The Bertz CT molecular complexity index is 572. The van der Waals surface area contributed by atoms with E-state index in [1.165, 1.54) is 0 Å². The minimum atomic E-state index is -1.02. The first-order valence-corrected chi connectivity index (χ1v) is 5.99. The number of hydrogen-bond donors (Lipinski definition) is 2. The fourth-order valence-corrected chi connectivity index (χ4v) is 1.56. The van der Waals surface area contributed by atoms with Crippen LogP contribution in [0.15, 0.2) is 18.2 Å². The Balaban J connectivity index is 1.96. The molecular formula is C12H12FN3O4. The number of nitro benzene ring substituents is 1. The van der Waals surface area contributed by atoms with E-state index < -0.39 is 22.3 Å². The maximum atomic E-state index is 13.1. The minimum Gasteiger partial charge on any atom is -0.352 e. The molecule has 0 radical (unpaired) electrons. The summed E-state index contributed by atoms with van der Waals surface area (Å²) in [6, 6.07) is 2.99. The maximum Gasteiger partial charge on any atom is 0.305 e. The topological polar surface area (TPSA) is 101 Å². The summed E-state index contributed by atoms with van der Waals surface area (Å²) >= 11 is 0. The Kier molecular flexibility index (Phi) is 3.92. The van der Waals surface area contributed by atoms with Crippen molar-refractivity contribution in [2.24, 2.45) is 0 Å². The molecule has 7 nitrogen and oxygen atoms in total. The van der Waals surface area contributed by atoms with Crippen molar-refractivity contribution >= 4 is 17.5 Å². The van der Waals surface area contributed by atoms with Gasteiger partial charge in [-0.3, -0.25) is 19.7 Å². The predicted molar refractivity (Wildman–Crippen MR) is 66.6 cm³/mol. The molecule has 20 heavy (non-hydrogen) atoms. The Morgan fingerprint density at radius 1 is 1.40 bits per heavy atom. The number of carbonyl (C=O) groups is 2. The zero-order chi connectivity index (χ0) is 14.7. The Labute approximate surface area is 113 Å². The predicted octanol–water partition coefficient (Wildman–Crippen LogP) is 0.742. The van der Waals surface area contributed by atoms with Crippen LogP contribution in [0, 0.1) is 15.9 Å². The van der Waals surface area contributed by atoms with Crippen molar-refractivity contribution in [2.75, 3.05) is 6.54 Å². The van der Waals surface area contributed by atoms with E-state index in [1.807, 2.05) is 0 Å². The monoisotopic (exact) mass is 281 g/mol. The molecule has 1 aromatic rings. The number of nitrogens with one attached hydrogen (secondary N) is 2. The second kappa shape index (κ2) is 5.64. The van der Waals surface area contributed by atoms with E-state index in [0.29, 0.717) is 0 Å². The summed E-state index contributed by atoms with van der Waals surface area (Å²) in [5, 5.41) is 15.6. The van der Waals surface area contributed by atoms with Crippen LogP contribution in [-0.2, 0) is 4.79 Å². The molecule has 0 saturated heterocycles. The van der Waals surface area contributed by atoms with E-state index in [2.05, 4.69) is 10.6 Å². The molecule has 2 amide bonds. The molecule has 2 N–H and O–H groups in total. The van der Waals surface area contributed by atoms with Crippen molar-refractivity contribution < 1.29 is 18.9 Å². The van der Waals surface area contributed by atoms with E-state index >= 15 is 0 Å². The molecule has 106 valence electrons. The first kappa shape index (κ1) is 13.9. The zero-order valence-corrected chi connectivity index (χ0v) is 10.4. The number of amides is 2. The standard InChI is InChI=1S/C12H12FN3O4/c13-9-4-1-7(5-10(9)16(19)20)12(18)14-6-11(17)15-8-2-3-8/h1,4-5,8H,2-3,6H2,(H,14,18)(H,15,17). The number of halogens is 1. The molecule has 0 aliphatic heterocycles. The Morgan fingerprint density at radius 3 is 2.70 bits per heavy atom. The average molecular weight is 281 g/mol. The fraction of sp³-hybridized carbons (Fsp3) is 0.333. The molecule has 0 atom stereocenters. The lowest BCUT2D eigenvalue weighted by atomic mass is 10.2. The summed E-state index contributed by atoms with van der Waals surface area (Å²) in [5.74, 6) is -2.01. The van der Waals surface area contributed by atoms with Crippen LogP contribution in [0.3, 0.4) is 0 Å². The van der Waals surface area contributed by atoms with Gasteiger partial charge in [-0.25, -0.2) is 0 Å². The van der Waals surface area contributed by atoms with Gasteiger partial charge in [0.15, 0.2) is 0 Å². The number of rotatable bonds is 5. The molecule has 0 heterocycles. The first-order valence-electron chi connectivity index (χ1n) is 5.99. The summed E-state index contributed by atoms with van der Waals surface area (Å²) in [6.45, 7) is -0.222. The van der Waals surface area contributed by atoms with E-state index in [0.717, 1.165) is 31.0 Å². The van der Waals surface area contributed by atoms with Crippen LogP contribution in [0.25, 0.3) is 0 Å². The van der Waals surface area contributed by atoms with Gasteiger partial charge in [-0.15, -0.1) is 0 Å². The van der Waals surface area contributed by atoms with Gasteiger partial charge >= 0.3 is 5.69 Å². The highest BCUT2D eigenvalue weighted by molar-refractivity contribution is 5.97. The van der Waals surface area contributed by atoms with Gasteiger partial charge < -0.3 is 10.6 Å². The SMILES string of the molecule is O=C(CNC(=O)c1ccc(F)c([N+](=O)[O-])c1)NC1CC1. The number of nitro groups is 1. The van der Waals surface area contributed by atoms with Gasteiger partial charge in [0.05, 0.1) is 11.5 Å². The molecule has 1 aromatic carbocycles. The highest BCUT2D eigenvalue weighted by Crippen LogP contribution is 2.19. The Hall–Kier alpha value is -2.51. The van der Waals surface area contributed by atoms with Crippen LogP contribution in [0.4, 0.5) is 10.1 Å². The molecule has 0 aromatic heterocycles. The molecule has 1 aliphatic rings. The Morgan fingerprint density at radius 2 is 2.10 bits per heavy atom. The zero-order valence-electron chi connectivity index (χ0n) is 10.4. The molecule has 8 heteroatoms. The summed E-state index contributed by atoms with van der Waals surface area (Å²) in [4.78, 5) is 32.7. The minimum absolute atomic E-state index is 0.0719. The summed E-state index contributed by atoms with van der Waals surface area (Å²) in [7, 11) is 0. The number of carbonyl (C=O) groups excluding carboxylic acids is 2. The molecular weight excluding hydrogens is 269 g/mol. The van der Waals surface area contributed by atoms with Gasteiger partial charge in [0, 0.05) is 17.7 Å². The molecule has 0 unspecified atom stereocenters. The first-order chi connectivity index (χ1) is 9.47. The smallest absolute Gasteiger partial charge is 0.305 e.